The molecule has 1 aliphatic rings. The normalized spacial score (nSPS) is 19.6. The van der Waals surface area contributed by atoms with E-state index in [4.69, 9.17) is 10.5 Å². The molecule has 3 N–H and O–H groups in total. The van der Waals surface area contributed by atoms with E-state index in [1.807, 2.05) is 13.0 Å². The van der Waals surface area contributed by atoms with Crippen molar-refractivity contribution in [3.63, 3.8) is 0 Å². The summed E-state index contributed by atoms with van der Waals surface area (Å²) in [6.07, 6.45) is 0.963. The first-order valence-electron chi connectivity index (χ1n) is 7.55. The molecule has 0 radical (unpaired) electrons. The molecule has 0 aromatic heterocycles. The zero-order chi connectivity index (χ0) is 14.4. The number of piperazine rings is 1. The number of hydrogen-bond acceptors (Lipinski definition) is 4. The van der Waals surface area contributed by atoms with Crippen LogP contribution in [0.5, 0.6) is 5.75 Å². The Kier molecular flexibility index (Phi) is 5.40. The van der Waals surface area contributed by atoms with Crippen LogP contribution in [0.4, 0.5) is 0 Å². The summed E-state index contributed by atoms with van der Waals surface area (Å²) < 4.78 is 5.59. The van der Waals surface area contributed by atoms with Crippen LogP contribution < -0.4 is 15.8 Å². The van der Waals surface area contributed by atoms with Gasteiger partial charge in [0.05, 0.1) is 6.61 Å². The fraction of sp³-hybridized carbons (Fsp3) is 0.625. The number of ether oxygens (including phenoxy) is 1. The smallest absolute Gasteiger partial charge is 0.119 e. The zero-order valence-corrected chi connectivity index (χ0v) is 12.7. The van der Waals surface area contributed by atoms with Crippen LogP contribution in [0.3, 0.4) is 0 Å². The van der Waals surface area contributed by atoms with Gasteiger partial charge in [-0.2, -0.15) is 0 Å². The molecule has 0 aliphatic carbocycles. The van der Waals surface area contributed by atoms with Crippen molar-refractivity contribution in [3.8, 4) is 5.75 Å². The number of nitrogens with zero attached hydrogens (tertiary/aromatic N) is 1. The fourth-order valence-electron chi connectivity index (χ4n) is 2.87. The highest BCUT2D eigenvalue weighted by Gasteiger charge is 2.31. The zero-order valence-electron chi connectivity index (χ0n) is 12.7. The third kappa shape index (κ3) is 3.72. The number of hydrogen-bond donors (Lipinski definition) is 2. The maximum atomic E-state index is 6.09. The molecule has 4 heteroatoms. The Labute approximate surface area is 122 Å². The van der Waals surface area contributed by atoms with E-state index in [0.717, 1.165) is 38.3 Å². The Morgan fingerprint density at radius 3 is 2.75 bits per heavy atom. The Morgan fingerprint density at radius 2 is 2.10 bits per heavy atom. The molecule has 0 spiro atoms. The number of nitrogens with two attached hydrogens (primary N) is 1. The summed E-state index contributed by atoms with van der Waals surface area (Å²) in [6, 6.07) is 8.38. The Hall–Kier alpha value is -1.10. The van der Waals surface area contributed by atoms with Gasteiger partial charge in [-0.15, -0.1) is 0 Å². The Balaban J connectivity index is 2.09. The maximum absolute atomic E-state index is 6.09. The standard InChI is InChI=1S/C16H27N3O/c1-3-20-15-6-4-5-14(11-15)12-16(2,13-17)19-9-7-18-8-10-19/h4-6,11,18H,3,7-10,12-13,17H2,1-2H3. The minimum atomic E-state index is 0.0208. The molecule has 0 amide bonds. The van der Waals surface area contributed by atoms with E-state index >= 15 is 0 Å². The quantitative estimate of drug-likeness (QED) is 0.822. The largest absolute Gasteiger partial charge is 0.494 e. The molecule has 20 heavy (non-hydrogen) atoms. The van der Waals surface area contributed by atoms with Gasteiger partial charge in [0.15, 0.2) is 0 Å². The van der Waals surface area contributed by atoms with Gasteiger partial charge in [-0.1, -0.05) is 12.1 Å². The number of rotatable bonds is 6. The van der Waals surface area contributed by atoms with Gasteiger partial charge >= 0.3 is 0 Å². The minimum absolute atomic E-state index is 0.0208. The molecule has 1 saturated heterocycles. The van der Waals surface area contributed by atoms with Crippen molar-refractivity contribution < 1.29 is 4.74 Å². The predicted octanol–water partition coefficient (Wildman–Crippen LogP) is 1.25. The van der Waals surface area contributed by atoms with Crippen LogP contribution in [0.2, 0.25) is 0 Å². The second-order valence-corrected chi connectivity index (χ2v) is 5.70. The molecule has 1 atom stereocenters. The third-order valence-electron chi connectivity index (χ3n) is 4.11. The topological polar surface area (TPSA) is 50.5 Å². The second kappa shape index (κ2) is 7.07. The minimum Gasteiger partial charge on any atom is -0.494 e. The van der Waals surface area contributed by atoms with Crippen LogP contribution in [0.1, 0.15) is 19.4 Å². The molecule has 2 rings (SSSR count). The molecule has 4 nitrogen and oxygen atoms in total. The van der Waals surface area contributed by atoms with Crippen LogP contribution in [0, 0.1) is 0 Å². The van der Waals surface area contributed by atoms with E-state index in [-0.39, 0.29) is 5.54 Å². The lowest BCUT2D eigenvalue weighted by molar-refractivity contribution is 0.0945. The van der Waals surface area contributed by atoms with E-state index in [1.54, 1.807) is 0 Å². The summed E-state index contributed by atoms with van der Waals surface area (Å²) in [5, 5.41) is 3.40. The van der Waals surface area contributed by atoms with Gasteiger partial charge in [-0.25, -0.2) is 0 Å². The van der Waals surface area contributed by atoms with Crippen molar-refractivity contribution in [2.45, 2.75) is 25.8 Å². The molecule has 112 valence electrons. The van der Waals surface area contributed by atoms with Gasteiger partial charge in [-0.05, 0) is 38.0 Å². The lowest BCUT2D eigenvalue weighted by atomic mass is 9.90. The predicted molar refractivity (Wildman–Crippen MR) is 83.2 cm³/mol. The highest BCUT2D eigenvalue weighted by atomic mass is 16.5. The molecule has 1 aromatic rings. The van der Waals surface area contributed by atoms with Crippen molar-refractivity contribution in [1.29, 1.82) is 0 Å². The summed E-state index contributed by atoms with van der Waals surface area (Å²) in [7, 11) is 0. The van der Waals surface area contributed by atoms with Crippen LogP contribution in [0.25, 0.3) is 0 Å². The van der Waals surface area contributed by atoms with Crippen molar-refractivity contribution in [3.05, 3.63) is 29.8 Å². The Morgan fingerprint density at radius 1 is 1.35 bits per heavy atom. The van der Waals surface area contributed by atoms with Crippen molar-refractivity contribution in [1.82, 2.24) is 10.2 Å². The van der Waals surface area contributed by atoms with Crippen LogP contribution in [-0.4, -0.2) is 49.8 Å². The van der Waals surface area contributed by atoms with Gasteiger partial charge in [-0.3, -0.25) is 4.90 Å². The van der Waals surface area contributed by atoms with Gasteiger partial charge in [0, 0.05) is 38.3 Å². The molecule has 0 bridgehead atoms. The first-order chi connectivity index (χ1) is 9.68. The highest BCUT2D eigenvalue weighted by molar-refractivity contribution is 5.30. The Bertz CT molecular complexity index is 418. The average Bonchev–Trinajstić information content (AvgIpc) is 2.49. The molecular formula is C16H27N3O. The summed E-state index contributed by atoms with van der Waals surface area (Å²) in [5.74, 6) is 0.949. The van der Waals surface area contributed by atoms with Gasteiger partial charge in [0.25, 0.3) is 0 Å². The van der Waals surface area contributed by atoms with Gasteiger partial charge in [0.1, 0.15) is 5.75 Å². The van der Waals surface area contributed by atoms with Crippen LogP contribution >= 0.6 is 0 Å². The van der Waals surface area contributed by atoms with E-state index in [1.165, 1.54) is 5.56 Å². The molecule has 1 unspecified atom stereocenters. The van der Waals surface area contributed by atoms with Crippen LogP contribution in [0.15, 0.2) is 24.3 Å². The SMILES string of the molecule is CCOc1cccc(CC(C)(CN)N2CCNCC2)c1. The molecular weight excluding hydrogens is 250 g/mol. The lowest BCUT2D eigenvalue weighted by Crippen LogP contribution is -2.59. The monoisotopic (exact) mass is 277 g/mol. The average molecular weight is 277 g/mol. The van der Waals surface area contributed by atoms with Crippen molar-refractivity contribution in [2.24, 2.45) is 5.73 Å². The summed E-state index contributed by atoms with van der Waals surface area (Å²) in [6.45, 7) is 9.89. The summed E-state index contributed by atoms with van der Waals surface area (Å²) in [5.41, 5.74) is 7.40. The molecule has 1 fully saturated rings. The lowest BCUT2D eigenvalue weighted by Gasteiger charge is -2.43. The summed E-state index contributed by atoms with van der Waals surface area (Å²) in [4.78, 5) is 2.51. The maximum Gasteiger partial charge on any atom is 0.119 e. The number of nitrogens with one attached hydrogen (secondary N) is 1. The highest BCUT2D eigenvalue weighted by Crippen LogP contribution is 2.23. The number of benzene rings is 1. The van der Waals surface area contributed by atoms with Crippen molar-refractivity contribution >= 4 is 0 Å². The third-order valence-corrected chi connectivity index (χ3v) is 4.11. The summed E-state index contributed by atoms with van der Waals surface area (Å²) >= 11 is 0. The van der Waals surface area contributed by atoms with E-state index in [0.29, 0.717) is 13.2 Å². The van der Waals surface area contributed by atoms with E-state index < -0.39 is 0 Å². The second-order valence-electron chi connectivity index (χ2n) is 5.70. The van der Waals surface area contributed by atoms with Crippen molar-refractivity contribution in [2.75, 3.05) is 39.3 Å². The van der Waals surface area contributed by atoms with E-state index in [2.05, 4.69) is 35.3 Å². The fourth-order valence-corrected chi connectivity index (χ4v) is 2.87. The first kappa shape index (κ1) is 15.3. The van der Waals surface area contributed by atoms with Gasteiger partial charge in [0.2, 0.25) is 0 Å². The van der Waals surface area contributed by atoms with Crippen LogP contribution in [-0.2, 0) is 6.42 Å². The molecule has 1 heterocycles. The first-order valence-corrected chi connectivity index (χ1v) is 7.55. The molecule has 1 aliphatic heterocycles. The van der Waals surface area contributed by atoms with E-state index in [9.17, 15) is 0 Å². The molecule has 0 saturated carbocycles. The molecule has 1 aromatic carbocycles. The van der Waals surface area contributed by atoms with Gasteiger partial charge < -0.3 is 15.8 Å².